The fourth-order valence-electron chi connectivity index (χ4n) is 1.97. The van der Waals surface area contributed by atoms with Crippen LogP contribution in [-0.2, 0) is 12.6 Å². The fourth-order valence-corrected chi connectivity index (χ4v) is 1.97. The highest BCUT2D eigenvalue weighted by atomic mass is 19.4. The highest BCUT2D eigenvalue weighted by molar-refractivity contribution is 5.91. The lowest BCUT2D eigenvalue weighted by Crippen LogP contribution is -2.39. The van der Waals surface area contributed by atoms with Gasteiger partial charge >= 0.3 is 12.1 Å². The van der Waals surface area contributed by atoms with Gasteiger partial charge in [0.05, 0.1) is 5.69 Å². The zero-order valence-corrected chi connectivity index (χ0v) is 12.7. The van der Waals surface area contributed by atoms with Crippen LogP contribution in [0.25, 0.3) is 0 Å². The Hall–Kier alpha value is -2.35. The number of ether oxygens (including phenoxy) is 1. The Labute approximate surface area is 130 Å². The summed E-state index contributed by atoms with van der Waals surface area (Å²) in [5.41, 5.74) is -2.58. The van der Waals surface area contributed by atoms with Crippen molar-refractivity contribution in [1.29, 1.82) is 0 Å². The maximum absolute atomic E-state index is 12.8. The van der Waals surface area contributed by atoms with Crippen LogP contribution in [0.1, 0.15) is 28.5 Å². The van der Waals surface area contributed by atoms with Gasteiger partial charge < -0.3 is 9.84 Å². The summed E-state index contributed by atoms with van der Waals surface area (Å²) in [5, 5.41) is 13.6. The van der Waals surface area contributed by atoms with E-state index in [1.807, 2.05) is 0 Å². The number of aryl methyl sites for hydroxylation is 2. The van der Waals surface area contributed by atoms with Crippen molar-refractivity contribution >= 4 is 5.97 Å². The summed E-state index contributed by atoms with van der Waals surface area (Å²) in [5.74, 6) is -0.592. The number of benzene rings is 1. The number of alkyl halides is 3. The predicted molar refractivity (Wildman–Crippen MR) is 75.0 cm³/mol. The monoisotopic (exact) mass is 328 g/mol. The van der Waals surface area contributed by atoms with Gasteiger partial charge in [-0.15, -0.1) is 0 Å². The number of esters is 1. The van der Waals surface area contributed by atoms with Gasteiger partial charge in [-0.2, -0.15) is 18.3 Å². The van der Waals surface area contributed by atoms with Crippen molar-refractivity contribution < 1.29 is 27.8 Å². The van der Waals surface area contributed by atoms with Crippen LogP contribution in [0.5, 0.6) is 5.75 Å². The SMILES string of the molecule is Cc1nn(C)cc1C(=O)Oc1ccc(C(C)(O)C(F)(F)F)cc1. The third-order valence-electron chi connectivity index (χ3n) is 3.41. The number of nitrogens with zero attached hydrogens (tertiary/aromatic N) is 2. The molecule has 2 aromatic rings. The van der Waals surface area contributed by atoms with E-state index in [2.05, 4.69) is 5.10 Å². The third-order valence-corrected chi connectivity index (χ3v) is 3.41. The van der Waals surface area contributed by atoms with Crippen molar-refractivity contribution in [3.05, 3.63) is 47.3 Å². The second kappa shape index (κ2) is 5.69. The molecule has 0 saturated heterocycles. The van der Waals surface area contributed by atoms with Crippen LogP contribution in [0, 0.1) is 6.92 Å². The van der Waals surface area contributed by atoms with Gasteiger partial charge in [-0.25, -0.2) is 4.79 Å². The first-order valence-electron chi connectivity index (χ1n) is 6.64. The van der Waals surface area contributed by atoms with Crippen molar-refractivity contribution in [3.63, 3.8) is 0 Å². The standard InChI is InChI=1S/C15H15F3N2O3/c1-9-12(8-20(3)19-9)13(21)23-11-6-4-10(5-7-11)14(2,22)15(16,17)18/h4-8,22H,1-3H3. The Morgan fingerprint density at radius 1 is 1.26 bits per heavy atom. The quantitative estimate of drug-likeness (QED) is 0.695. The molecule has 5 nitrogen and oxygen atoms in total. The minimum Gasteiger partial charge on any atom is -0.423 e. The predicted octanol–water partition coefficient (Wildman–Crippen LogP) is 2.72. The number of carbonyl (C=O) groups excluding carboxylic acids is 1. The van der Waals surface area contributed by atoms with E-state index in [-0.39, 0.29) is 16.9 Å². The lowest BCUT2D eigenvalue weighted by molar-refractivity contribution is -0.258. The summed E-state index contributed by atoms with van der Waals surface area (Å²) >= 11 is 0. The van der Waals surface area contributed by atoms with Crippen LogP contribution in [0.2, 0.25) is 0 Å². The van der Waals surface area contributed by atoms with Gasteiger partial charge in [0.25, 0.3) is 0 Å². The lowest BCUT2D eigenvalue weighted by Gasteiger charge is -2.26. The molecule has 0 aliphatic carbocycles. The largest absolute Gasteiger partial charge is 0.423 e. The second-order valence-corrected chi connectivity index (χ2v) is 5.29. The molecule has 23 heavy (non-hydrogen) atoms. The molecule has 0 radical (unpaired) electrons. The number of halogens is 3. The Morgan fingerprint density at radius 3 is 2.26 bits per heavy atom. The highest BCUT2D eigenvalue weighted by Crippen LogP contribution is 2.38. The Balaban J connectivity index is 2.18. The molecule has 1 aromatic heterocycles. The summed E-state index contributed by atoms with van der Waals surface area (Å²) in [7, 11) is 1.65. The molecule has 2 rings (SSSR count). The summed E-state index contributed by atoms with van der Waals surface area (Å²) in [6.45, 7) is 2.30. The molecule has 0 aliphatic rings. The molecule has 124 valence electrons. The number of aromatic nitrogens is 2. The van der Waals surface area contributed by atoms with Gasteiger partial charge in [0.1, 0.15) is 11.3 Å². The first-order chi connectivity index (χ1) is 10.5. The molecule has 8 heteroatoms. The van der Waals surface area contributed by atoms with E-state index in [1.54, 1.807) is 14.0 Å². The second-order valence-electron chi connectivity index (χ2n) is 5.29. The van der Waals surface area contributed by atoms with Crippen LogP contribution in [0.3, 0.4) is 0 Å². The van der Waals surface area contributed by atoms with Crippen molar-refractivity contribution in [2.24, 2.45) is 7.05 Å². The summed E-state index contributed by atoms with van der Waals surface area (Å²) in [4.78, 5) is 12.0. The van der Waals surface area contributed by atoms with E-state index in [0.29, 0.717) is 12.6 Å². The maximum atomic E-state index is 12.8. The average Bonchev–Trinajstić information content (AvgIpc) is 2.77. The molecule has 1 N–H and O–H groups in total. The third kappa shape index (κ3) is 3.37. The maximum Gasteiger partial charge on any atom is 0.421 e. The van der Waals surface area contributed by atoms with Crippen LogP contribution < -0.4 is 4.74 Å². The normalized spacial score (nSPS) is 14.4. The fraction of sp³-hybridized carbons (Fsp3) is 0.333. The number of carbonyl (C=O) groups is 1. The van der Waals surface area contributed by atoms with Crippen LogP contribution in [-0.4, -0.2) is 27.0 Å². The molecule has 0 fully saturated rings. The van der Waals surface area contributed by atoms with Crippen molar-refractivity contribution in [3.8, 4) is 5.75 Å². The zero-order chi connectivity index (χ0) is 17.4. The van der Waals surface area contributed by atoms with E-state index in [1.165, 1.54) is 23.0 Å². The number of hydrogen-bond acceptors (Lipinski definition) is 4. The molecule has 1 heterocycles. The van der Waals surface area contributed by atoms with Gasteiger partial charge in [0.2, 0.25) is 0 Å². The minimum atomic E-state index is -4.81. The van der Waals surface area contributed by atoms with Gasteiger partial charge in [-0.1, -0.05) is 12.1 Å². The molecule has 0 amide bonds. The van der Waals surface area contributed by atoms with Crippen LogP contribution >= 0.6 is 0 Å². The van der Waals surface area contributed by atoms with Gasteiger partial charge in [-0.3, -0.25) is 4.68 Å². The van der Waals surface area contributed by atoms with E-state index >= 15 is 0 Å². The summed E-state index contributed by atoms with van der Waals surface area (Å²) in [6, 6.07) is 4.51. The first kappa shape index (κ1) is 17.0. The van der Waals surface area contributed by atoms with E-state index < -0.39 is 17.7 Å². The Bertz CT molecular complexity index is 719. The van der Waals surface area contributed by atoms with Gasteiger partial charge in [0, 0.05) is 13.2 Å². The molecule has 0 saturated carbocycles. The van der Waals surface area contributed by atoms with Crippen LogP contribution in [0.15, 0.2) is 30.5 Å². The first-order valence-corrected chi connectivity index (χ1v) is 6.64. The number of aliphatic hydroxyl groups is 1. The molecular formula is C15H15F3N2O3. The van der Waals surface area contributed by atoms with Crippen molar-refractivity contribution in [2.75, 3.05) is 0 Å². The average molecular weight is 328 g/mol. The molecule has 1 aromatic carbocycles. The van der Waals surface area contributed by atoms with E-state index in [4.69, 9.17) is 4.74 Å². The number of rotatable bonds is 3. The van der Waals surface area contributed by atoms with Crippen molar-refractivity contribution in [2.45, 2.75) is 25.6 Å². The van der Waals surface area contributed by atoms with E-state index in [0.717, 1.165) is 12.1 Å². The van der Waals surface area contributed by atoms with Crippen LogP contribution in [0.4, 0.5) is 13.2 Å². The van der Waals surface area contributed by atoms with E-state index in [9.17, 15) is 23.1 Å². The molecule has 1 unspecified atom stereocenters. The number of hydrogen-bond donors (Lipinski definition) is 1. The molecule has 1 atom stereocenters. The summed E-state index contributed by atoms with van der Waals surface area (Å²) in [6.07, 6.45) is -3.32. The zero-order valence-electron chi connectivity index (χ0n) is 12.7. The summed E-state index contributed by atoms with van der Waals surface area (Å²) < 4.78 is 44.8. The minimum absolute atomic E-state index is 0.0694. The smallest absolute Gasteiger partial charge is 0.421 e. The van der Waals surface area contributed by atoms with Crippen molar-refractivity contribution in [1.82, 2.24) is 9.78 Å². The highest BCUT2D eigenvalue weighted by Gasteiger charge is 2.51. The topological polar surface area (TPSA) is 64.4 Å². The molecule has 0 aliphatic heterocycles. The Kier molecular flexibility index (Phi) is 4.21. The van der Waals surface area contributed by atoms with Gasteiger partial charge in [0.15, 0.2) is 5.60 Å². The van der Waals surface area contributed by atoms with Gasteiger partial charge in [-0.05, 0) is 31.5 Å². The molecule has 0 bridgehead atoms. The Morgan fingerprint density at radius 2 is 1.83 bits per heavy atom. The molecule has 0 spiro atoms. The molecular weight excluding hydrogens is 313 g/mol. The lowest BCUT2D eigenvalue weighted by atomic mass is 9.95.